The average molecular weight is 567 g/mol. The second-order valence-corrected chi connectivity index (χ2v) is 6.14. The Hall–Kier alpha value is -0.160. The normalized spacial score (nSPS) is 9.76. The number of carbonyl (C=O) groups is 2. The van der Waals surface area contributed by atoms with Gasteiger partial charge in [-0.1, -0.05) is 0 Å². The number of hydrogen-bond donors (Lipinski definition) is 2. The van der Waals surface area contributed by atoms with Gasteiger partial charge in [-0.25, -0.2) is 0 Å². The Balaban J connectivity index is 3.91. The van der Waals surface area contributed by atoms with Crippen LogP contribution in [0, 0.1) is 22.0 Å². The molecule has 0 saturated carbocycles. The van der Waals surface area contributed by atoms with Crippen LogP contribution in [0.3, 0.4) is 0 Å². The minimum atomic E-state index is -0.686. The summed E-state index contributed by atoms with van der Waals surface area (Å²) in [5.74, 6) is -1.37. The summed E-state index contributed by atoms with van der Waals surface area (Å²) in [5, 5.41) is 9.04. The Bertz CT molecular complexity index is 537. The van der Waals surface area contributed by atoms with Gasteiger partial charge in [0.15, 0.2) is 0 Å². The first-order valence-corrected chi connectivity index (χ1v) is 7.26. The minimum Gasteiger partial charge on any atom is -0.366 e. The van der Waals surface area contributed by atoms with Gasteiger partial charge in [-0.15, -0.1) is 0 Å². The zero-order chi connectivity index (χ0) is 13.3. The first-order chi connectivity index (χ1) is 7.82. The molecule has 0 aliphatic carbocycles. The minimum absolute atomic E-state index is 0.164. The molecule has 2 amide bonds. The Morgan fingerprint density at radius 1 is 0.941 bits per heavy atom. The number of carbonyl (C=O) groups excluding carboxylic acids is 2. The number of halogens is 3. The van der Waals surface area contributed by atoms with Crippen LogP contribution in [0.4, 0.5) is 0 Å². The molecule has 0 unspecified atom stereocenters. The third kappa shape index (κ3) is 2.65. The molecular formula is C9H4I3N3O2. The number of benzene rings is 1. The quantitative estimate of drug-likeness (QED) is 0.530. The third-order valence-corrected chi connectivity index (χ3v) is 5.16. The summed E-state index contributed by atoms with van der Waals surface area (Å²) in [5.41, 5.74) is 11.1. The Morgan fingerprint density at radius 2 is 1.29 bits per heavy atom. The van der Waals surface area contributed by atoms with Crippen LogP contribution in [0.2, 0.25) is 0 Å². The molecule has 1 aromatic carbocycles. The highest BCUT2D eigenvalue weighted by molar-refractivity contribution is 14.1. The van der Waals surface area contributed by atoms with Gasteiger partial charge < -0.3 is 11.5 Å². The lowest BCUT2D eigenvalue weighted by molar-refractivity contribution is 0.0998. The van der Waals surface area contributed by atoms with Gasteiger partial charge in [-0.2, -0.15) is 5.26 Å². The Morgan fingerprint density at radius 3 is 1.53 bits per heavy atom. The van der Waals surface area contributed by atoms with Crippen molar-refractivity contribution in [1.29, 1.82) is 5.26 Å². The van der Waals surface area contributed by atoms with Crippen LogP contribution in [0.5, 0.6) is 0 Å². The van der Waals surface area contributed by atoms with Crippen LogP contribution in [-0.4, -0.2) is 11.8 Å². The van der Waals surface area contributed by atoms with E-state index in [4.69, 9.17) is 16.7 Å². The molecule has 5 nitrogen and oxygen atoms in total. The second-order valence-electron chi connectivity index (χ2n) is 2.91. The molecule has 0 fully saturated rings. The van der Waals surface area contributed by atoms with Gasteiger partial charge in [-0.05, 0) is 67.8 Å². The van der Waals surface area contributed by atoms with Gasteiger partial charge in [0.1, 0.15) is 6.07 Å². The van der Waals surface area contributed by atoms with E-state index >= 15 is 0 Å². The van der Waals surface area contributed by atoms with Crippen molar-refractivity contribution in [2.75, 3.05) is 0 Å². The van der Waals surface area contributed by atoms with Crippen LogP contribution in [0.15, 0.2) is 0 Å². The van der Waals surface area contributed by atoms with E-state index in [1.54, 1.807) is 0 Å². The van der Waals surface area contributed by atoms with Gasteiger partial charge in [0.05, 0.1) is 16.7 Å². The molecule has 0 heterocycles. The number of nitrogens with zero attached hydrogens (tertiary/aromatic N) is 1. The number of nitriles is 1. The highest BCUT2D eigenvalue weighted by atomic mass is 127. The average Bonchev–Trinajstić information content (AvgIpc) is 2.16. The Kier molecular flexibility index (Phi) is 4.95. The van der Waals surface area contributed by atoms with Crippen molar-refractivity contribution < 1.29 is 9.59 Å². The number of nitrogens with two attached hydrogens (primary N) is 2. The lowest BCUT2D eigenvalue weighted by Gasteiger charge is -2.12. The monoisotopic (exact) mass is 567 g/mol. The van der Waals surface area contributed by atoms with E-state index in [9.17, 15) is 9.59 Å². The molecular weight excluding hydrogens is 563 g/mol. The van der Waals surface area contributed by atoms with Gasteiger partial charge >= 0.3 is 0 Å². The molecule has 0 bridgehead atoms. The summed E-state index contributed by atoms with van der Waals surface area (Å²) in [6.07, 6.45) is 0. The predicted molar refractivity (Wildman–Crippen MR) is 86.3 cm³/mol. The van der Waals surface area contributed by atoms with E-state index in [1.807, 2.05) is 73.8 Å². The van der Waals surface area contributed by atoms with E-state index in [0.717, 1.165) is 0 Å². The van der Waals surface area contributed by atoms with E-state index in [2.05, 4.69) is 0 Å². The molecule has 8 heteroatoms. The fourth-order valence-corrected chi connectivity index (χ4v) is 5.67. The summed E-state index contributed by atoms with van der Waals surface area (Å²) in [4.78, 5) is 22.7. The lowest BCUT2D eigenvalue weighted by Crippen LogP contribution is -2.22. The molecule has 0 spiro atoms. The van der Waals surface area contributed by atoms with Crippen LogP contribution >= 0.6 is 67.8 Å². The lowest BCUT2D eigenvalue weighted by atomic mass is 10.1. The molecule has 17 heavy (non-hydrogen) atoms. The molecule has 0 radical (unpaired) electrons. The number of rotatable bonds is 2. The maximum absolute atomic E-state index is 11.3. The summed E-state index contributed by atoms with van der Waals surface area (Å²) >= 11 is 5.56. The van der Waals surface area contributed by atoms with Crippen LogP contribution in [0.25, 0.3) is 0 Å². The summed E-state index contributed by atoms with van der Waals surface area (Å²) < 4.78 is 1.27. The van der Waals surface area contributed by atoms with Gasteiger partial charge in [0.25, 0.3) is 11.8 Å². The summed E-state index contributed by atoms with van der Waals surface area (Å²) in [7, 11) is 0. The highest BCUT2D eigenvalue weighted by Crippen LogP contribution is 2.31. The standard InChI is InChI=1S/C9H4I3N3O2/c10-5-2(1-13)6(11)4(9(15)17)7(12)3(5)8(14)16/h(H2,14,16)(H2,15,17). The molecule has 0 atom stereocenters. The zero-order valence-electron chi connectivity index (χ0n) is 8.05. The fraction of sp³-hybridized carbons (Fsp3) is 0. The maximum Gasteiger partial charge on any atom is 0.250 e. The zero-order valence-corrected chi connectivity index (χ0v) is 14.5. The van der Waals surface area contributed by atoms with Crippen molar-refractivity contribution in [2.45, 2.75) is 0 Å². The number of primary amides is 2. The molecule has 1 aromatic rings. The van der Waals surface area contributed by atoms with Crippen molar-refractivity contribution in [2.24, 2.45) is 11.5 Å². The van der Waals surface area contributed by atoms with Crippen molar-refractivity contribution in [1.82, 2.24) is 0 Å². The number of amides is 2. The van der Waals surface area contributed by atoms with E-state index < -0.39 is 11.8 Å². The summed E-state index contributed by atoms with van der Waals surface area (Å²) in [6, 6.07) is 1.95. The number of hydrogen-bond acceptors (Lipinski definition) is 3. The van der Waals surface area contributed by atoms with E-state index in [0.29, 0.717) is 10.7 Å². The van der Waals surface area contributed by atoms with Crippen LogP contribution < -0.4 is 11.5 Å². The first kappa shape index (κ1) is 14.9. The van der Waals surface area contributed by atoms with Crippen molar-refractivity contribution in [3.63, 3.8) is 0 Å². The topological polar surface area (TPSA) is 110 Å². The fourth-order valence-electron chi connectivity index (χ4n) is 1.19. The van der Waals surface area contributed by atoms with E-state index in [-0.39, 0.29) is 16.7 Å². The van der Waals surface area contributed by atoms with Gasteiger partial charge in [0, 0.05) is 10.7 Å². The SMILES string of the molecule is N#Cc1c(I)c(C(N)=O)c(I)c(C(N)=O)c1I. The molecule has 0 aliphatic rings. The molecule has 0 aromatic heterocycles. The maximum atomic E-state index is 11.3. The smallest absolute Gasteiger partial charge is 0.250 e. The molecule has 0 aliphatic heterocycles. The van der Waals surface area contributed by atoms with Gasteiger partial charge in [-0.3, -0.25) is 9.59 Å². The van der Waals surface area contributed by atoms with Crippen LogP contribution in [-0.2, 0) is 0 Å². The molecule has 0 saturated heterocycles. The summed E-state index contributed by atoms with van der Waals surface area (Å²) in [6.45, 7) is 0. The van der Waals surface area contributed by atoms with Crippen molar-refractivity contribution >= 4 is 79.6 Å². The largest absolute Gasteiger partial charge is 0.366 e. The molecule has 4 N–H and O–H groups in total. The van der Waals surface area contributed by atoms with Crippen molar-refractivity contribution in [3.05, 3.63) is 27.4 Å². The van der Waals surface area contributed by atoms with Gasteiger partial charge in [0.2, 0.25) is 0 Å². The Labute approximate surface area is 138 Å². The highest BCUT2D eigenvalue weighted by Gasteiger charge is 2.25. The molecule has 1 rings (SSSR count). The predicted octanol–water partition coefficient (Wildman–Crippen LogP) is 1.57. The molecule has 88 valence electrons. The second kappa shape index (κ2) is 5.65. The van der Waals surface area contributed by atoms with Crippen molar-refractivity contribution in [3.8, 4) is 6.07 Å². The van der Waals surface area contributed by atoms with E-state index in [1.165, 1.54) is 0 Å². The third-order valence-electron chi connectivity index (χ3n) is 1.92. The van der Waals surface area contributed by atoms with Crippen LogP contribution in [0.1, 0.15) is 26.3 Å². The first-order valence-electron chi connectivity index (χ1n) is 4.03.